The van der Waals surface area contributed by atoms with Gasteiger partial charge >= 0.3 is 7.12 Å². The van der Waals surface area contributed by atoms with Gasteiger partial charge in [0, 0.05) is 0 Å². The van der Waals surface area contributed by atoms with Gasteiger partial charge in [-0.05, 0) is 45.3 Å². The molecule has 22 heavy (non-hydrogen) atoms. The largest absolute Gasteiger partial charge is 0.494 e. The monoisotopic (exact) mass is 302 g/mol. The minimum atomic E-state index is -0.540. The fourth-order valence-corrected chi connectivity index (χ4v) is 2.43. The highest BCUT2D eigenvalue weighted by Crippen LogP contribution is 2.36. The summed E-state index contributed by atoms with van der Waals surface area (Å²) in [7, 11) is -0.540. The summed E-state index contributed by atoms with van der Waals surface area (Å²) >= 11 is 0. The van der Waals surface area contributed by atoms with Crippen LogP contribution in [0.15, 0.2) is 18.2 Å². The maximum Gasteiger partial charge on any atom is 0.494 e. The molecule has 7 heteroatoms. The van der Waals surface area contributed by atoms with E-state index >= 15 is 0 Å². The van der Waals surface area contributed by atoms with Crippen LogP contribution in [0.5, 0.6) is 0 Å². The zero-order chi connectivity index (χ0) is 16.1. The van der Waals surface area contributed by atoms with Crippen molar-refractivity contribution in [3.05, 3.63) is 23.8 Å². The number of anilines is 1. The Balaban J connectivity index is 1.95. The van der Waals surface area contributed by atoms with E-state index < -0.39 is 18.3 Å². The van der Waals surface area contributed by atoms with Crippen molar-refractivity contribution in [3.8, 4) is 0 Å². The Bertz CT molecular complexity index is 641. The van der Waals surface area contributed by atoms with Gasteiger partial charge in [0.1, 0.15) is 0 Å². The molecule has 116 valence electrons. The van der Waals surface area contributed by atoms with E-state index in [9.17, 15) is 9.59 Å². The van der Waals surface area contributed by atoms with Crippen LogP contribution in [0.25, 0.3) is 0 Å². The molecule has 1 saturated heterocycles. The van der Waals surface area contributed by atoms with Crippen molar-refractivity contribution >= 4 is 30.1 Å². The summed E-state index contributed by atoms with van der Waals surface area (Å²) in [6.45, 7) is 7.87. The van der Waals surface area contributed by atoms with E-state index in [4.69, 9.17) is 9.31 Å². The van der Waals surface area contributed by atoms with E-state index in [-0.39, 0.29) is 18.4 Å². The third-order valence-electron chi connectivity index (χ3n) is 4.50. The number of nitrogens with one attached hydrogen (secondary N) is 2. The van der Waals surface area contributed by atoms with Gasteiger partial charge in [0.15, 0.2) is 0 Å². The first-order valence-electron chi connectivity index (χ1n) is 7.27. The predicted octanol–water partition coefficient (Wildman–Crippen LogP) is 0.668. The highest BCUT2D eigenvalue weighted by molar-refractivity contribution is 6.62. The van der Waals surface area contributed by atoms with E-state index in [2.05, 4.69) is 10.6 Å². The smallest absolute Gasteiger partial charge is 0.399 e. The number of rotatable bonds is 1. The Morgan fingerprint density at radius 1 is 1.09 bits per heavy atom. The van der Waals surface area contributed by atoms with Crippen LogP contribution in [0, 0.1) is 0 Å². The van der Waals surface area contributed by atoms with Gasteiger partial charge in [-0.3, -0.25) is 9.59 Å². The van der Waals surface area contributed by atoms with Crippen LogP contribution in [-0.4, -0.2) is 36.7 Å². The lowest BCUT2D eigenvalue weighted by molar-refractivity contribution is -0.115. The maximum absolute atomic E-state index is 12.1. The second-order valence-electron chi connectivity index (χ2n) is 6.62. The topological polar surface area (TPSA) is 76.7 Å². The second-order valence-corrected chi connectivity index (χ2v) is 6.62. The molecule has 2 heterocycles. The van der Waals surface area contributed by atoms with Crippen LogP contribution in [0.3, 0.4) is 0 Å². The molecule has 0 aliphatic carbocycles. The van der Waals surface area contributed by atoms with Gasteiger partial charge in [-0.2, -0.15) is 0 Å². The van der Waals surface area contributed by atoms with Crippen LogP contribution in [0.4, 0.5) is 5.69 Å². The van der Waals surface area contributed by atoms with E-state index in [1.165, 1.54) is 0 Å². The van der Waals surface area contributed by atoms with Gasteiger partial charge in [0.2, 0.25) is 5.91 Å². The lowest BCUT2D eigenvalue weighted by Crippen LogP contribution is -2.41. The summed E-state index contributed by atoms with van der Waals surface area (Å²) in [5.41, 5.74) is 0.782. The van der Waals surface area contributed by atoms with E-state index in [1.807, 2.05) is 27.7 Å². The van der Waals surface area contributed by atoms with Crippen molar-refractivity contribution in [2.45, 2.75) is 38.9 Å². The van der Waals surface area contributed by atoms with E-state index in [0.717, 1.165) is 5.46 Å². The summed E-state index contributed by atoms with van der Waals surface area (Å²) in [4.78, 5) is 23.6. The molecule has 0 saturated carbocycles. The quantitative estimate of drug-likeness (QED) is 0.748. The molecule has 0 radical (unpaired) electrons. The molecule has 6 nitrogen and oxygen atoms in total. The Hall–Kier alpha value is -1.86. The third kappa shape index (κ3) is 2.40. The molecular formula is C15H19BN2O4. The van der Waals surface area contributed by atoms with Crippen LogP contribution in [-0.2, 0) is 14.1 Å². The highest BCUT2D eigenvalue weighted by Gasteiger charge is 2.51. The first kappa shape index (κ1) is 15.1. The molecule has 3 rings (SSSR count). The Labute approximate surface area is 129 Å². The van der Waals surface area contributed by atoms with E-state index in [0.29, 0.717) is 11.3 Å². The van der Waals surface area contributed by atoms with Crippen molar-refractivity contribution in [2.24, 2.45) is 0 Å². The van der Waals surface area contributed by atoms with Crippen molar-refractivity contribution in [1.29, 1.82) is 0 Å². The minimum Gasteiger partial charge on any atom is -0.399 e. The lowest BCUT2D eigenvalue weighted by atomic mass is 9.78. The predicted molar refractivity (Wildman–Crippen MR) is 83.1 cm³/mol. The molecule has 1 aromatic carbocycles. The number of hydrogen-bond donors (Lipinski definition) is 2. The second kappa shape index (κ2) is 4.82. The summed E-state index contributed by atoms with van der Waals surface area (Å²) in [6.07, 6.45) is 0. The van der Waals surface area contributed by atoms with E-state index in [1.54, 1.807) is 18.2 Å². The zero-order valence-electron chi connectivity index (χ0n) is 13.1. The standard InChI is InChI=1S/C15H19BN2O4/c1-14(2)15(3,4)22-16(21-14)9-5-6-11-10(7-9)13(20)17-8-12(19)18-11/h5-7H,8H2,1-4H3,(H,17,20)(H,18,19). The molecule has 0 atom stereocenters. The van der Waals surface area contributed by atoms with Crippen LogP contribution in [0.1, 0.15) is 38.1 Å². The molecule has 0 bridgehead atoms. The lowest BCUT2D eigenvalue weighted by Gasteiger charge is -2.32. The number of fused-ring (bicyclic) bond motifs is 1. The molecule has 0 unspecified atom stereocenters. The van der Waals surface area contributed by atoms with Crippen LogP contribution in [0.2, 0.25) is 0 Å². The fraction of sp³-hybridized carbons (Fsp3) is 0.467. The average Bonchev–Trinajstić information content (AvgIpc) is 2.55. The van der Waals surface area contributed by atoms with Gasteiger partial charge in [-0.25, -0.2) is 0 Å². The van der Waals surface area contributed by atoms with Crippen molar-refractivity contribution in [2.75, 3.05) is 11.9 Å². The maximum atomic E-state index is 12.1. The molecule has 1 aromatic rings. The molecule has 2 aliphatic rings. The summed E-state index contributed by atoms with van der Waals surface area (Å²) in [5.74, 6) is -0.526. The average molecular weight is 302 g/mol. The summed E-state index contributed by atoms with van der Waals surface area (Å²) in [6, 6.07) is 5.22. The Kier molecular flexibility index (Phi) is 3.30. The number of amides is 2. The van der Waals surface area contributed by atoms with Gasteiger partial charge in [-0.15, -0.1) is 0 Å². The highest BCUT2D eigenvalue weighted by atomic mass is 16.7. The van der Waals surface area contributed by atoms with Gasteiger partial charge in [-0.1, -0.05) is 6.07 Å². The molecular weight excluding hydrogens is 283 g/mol. The third-order valence-corrected chi connectivity index (χ3v) is 4.50. The van der Waals surface area contributed by atoms with Crippen LogP contribution >= 0.6 is 0 Å². The number of hydrogen-bond acceptors (Lipinski definition) is 4. The molecule has 2 N–H and O–H groups in total. The van der Waals surface area contributed by atoms with Crippen molar-refractivity contribution in [1.82, 2.24) is 5.32 Å². The minimum absolute atomic E-state index is 0.0284. The first-order valence-corrected chi connectivity index (χ1v) is 7.27. The molecule has 1 fully saturated rings. The van der Waals surface area contributed by atoms with Crippen molar-refractivity contribution < 1.29 is 18.9 Å². The number of carbonyl (C=O) groups excluding carboxylic acids is 2. The van der Waals surface area contributed by atoms with Gasteiger partial charge in [0.25, 0.3) is 5.91 Å². The molecule has 0 spiro atoms. The molecule has 2 amide bonds. The number of carbonyl (C=O) groups is 2. The first-order chi connectivity index (χ1) is 10.2. The SMILES string of the molecule is CC1(C)OB(c2ccc3c(c2)C(=O)NCC(=O)N3)OC1(C)C. The molecule has 2 aliphatic heterocycles. The van der Waals surface area contributed by atoms with Crippen LogP contribution < -0.4 is 16.1 Å². The van der Waals surface area contributed by atoms with Crippen molar-refractivity contribution in [3.63, 3.8) is 0 Å². The van der Waals surface area contributed by atoms with Gasteiger partial charge < -0.3 is 19.9 Å². The number of benzene rings is 1. The Morgan fingerprint density at radius 3 is 2.36 bits per heavy atom. The normalized spacial score (nSPS) is 22.6. The van der Waals surface area contributed by atoms with Gasteiger partial charge in [0.05, 0.1) is 29.0 Å². The summed E-state index contributed by atoms with van der Waals surface area (Å²) in [5, 5.41) is 5.27. The Morgan fingerprint density at radius 2 is 1.73 bits per heavy atom. The molecule has 0 aromatic heterocycles. The zero-order valence-corrected chi connectivity index (χ0v) is 13.1. The fourth-order valence-electron chi connectivity index (χ4n) is 2.43. The summed E-state index contributed by atoms with van der Waals surface area (Å²) < 4.78 is 12.0.